The van der Waals surface area contributed by atoms with Gasteiger partial charge in [-0.05, 0) is 110 Å². The first kappa shape index (κ1) is 33.4. The zero-order valence-corrected chi connectivity index (χ0v) is 32.2. The van der Waals surface area contributed by atoms with Crippen LogP contribution < -0.4 is 4.90 Å². The molecule has 0 aliphatic heterocycles. The molecule has 272 valence electrons. The molecule has 57 heavy (non-hydrogen) atoms. The van der Waals surface area contributed by atoms with E-state index in [1.807, 2.05) is 0 Å². The zero-order valence-electron chi connectivity index (χ0n) is 32.2. The topological polar surface area (TPSA) is 16.4 Å². The van der Waals surface area contributed by atoms with Crippen LogP contribution in [0, 0.1) is 0 Å². The maximum Gasteiger partial charge on any atom is 0.160 e. The number of hydrogen-bond donors (Lipinski definition) is 0. The molecule has 0 N–H and O–H groups in total. The van der Waals surface area contributed by atoms with Crippen molar-refractivity contribution in [3.8, 4) is 33.4 Å². The Bertz CT molecular complexity index is 3070. The molecule has 0 saturated heterocycles. The van der Waals surface area contributed by atoms with E-state index < -0.39 is 0 Å². The molecule has 2 heteroatoms. The molecule has 1 aromatic heterocycles. The summed E-state index contributed by atoms with van der Waals surface area (Å²) >= 11 is 0. The number of furan rings is 1. The van der Waals surface area contributed by atoms with E-state index in [-0.39, 0.29) is 5.41 Å². The van der Waals surface area contributed by atoms with Crippen LogP contribution in [0.3, 0.4) is 0 Å². The number of benzene rings is 8. The standard InChI is InChI=1S/C55H41NO/c1-55(2)49-25-15-14-23-44(49)45-31-30-41(34-50(45)55)56(40-28-26-37(27-29-40)36-16-6-3-7-17-36)51-33-32-42(38-18-8-4-9-19-38)52-48-35-47(39-20-10-5-11-21-39)43-22-12-13-24-46(43)53(48)57-54(51)52/h3-6,8-16,18-35H,7,17H2,1-2H3. The lowest BCUT2D eigenvalue weighted by Crippen LogP contribution is -2.16. The van der Waals surface area contributed by atoms with Crippen molar-refractivity contribution >= 4 is 55.3 Å². The second-order valence-corrected chi connectivity index (χ2v) is 16.0. The van der Waals surface area contributed by atoms with Crippen LogP contribution in [-0.2, 0) is 5.41 Å². The molecule has 0 radical (unpaired) electrons. The Kier molecular flexibility index (Phi) is 7.69. The maximum atomic E-state index is 7.32. The van der Waals surface area contributed by atoms with Gasteiger partial charge in [0, 0.05) is 32.9 Å². The Morgan fingerprint density at radius 2 is 1.14 bits per heavy atom. The second kappa shape index (κ2) is 13.1. The van der Waals surface area contributed by atoms with Gasteiger partial charge in [0.05, 0.1) is 5.69 Å². The monoisotopic (exact) mass is 731 g/mol. The van der Waals surface area contributed by atoms with Gasteiger partial charge in [-0.25, -0.2) is 0 Å². The van der Waals surface area contributed by atoms with Crippen molar-refractivity contribution < 1.29 is 4.42 Å². The maximum absolute atomic E-state index is 7.32. The predicted molar refractivity (Wildman–Crippen MR) is 241 cm³/mol. The number of allylic oxidation sites excluding steroid dienone is 4. The van der Waals surface area contributed by atoms with Crippen molar-refractivity contribution in [2.75, 3.05) is 4.90 Å². The zero-order chi connectivity index (χ0) is 38.1. The van der Waals surface area contributed by atoms with E-state index in [1.165, 1.54) is 49.9 Å². The van der Waals surface area contributed by atoms with E-state index in [0.29, 0.717) is 0 Å². The third-order valence-corrected chi connectivity index (χ3v) is 12.4. The largest absolute Gasteiger partial charge is 0.453 e. The summed E-state index contributed by atoms with van der Waals surface area (Å²) in [6, 6.07) is 62.1. The van der Waals surface area contributed by atoms with Crippen molar-refractivity contribution in [1.29, 1.82) is 0 Å². The smallest absolute Gasteiger partial charge is 0.160 e. The van der Waals surface area contributed by atoms with Gasteiger partial charge in [-0.1, -0.05) is 166 Å². The lowest BCUT2D eigenvalue weighted by molar-refractivity contribution is 0.660. The lowest BCUT2D eigenvalue weighted by Gasteiger charge is -2.28. The highest BCUT2D eigenvalue weighted by Crippen LogP contribution is 2.52. The molecule has 9 aromatic rings. The van der Waals surface area contributed by atoms with Crippen LogP contribution in [0.1, 0.15) is 43.4 Å². The highest BCUT2D eigenvalue weighted by atomic mass is 16.3. The summed E-state index contributed by atoms with van der Waals surface area (Å²) in [7, 11) is 0. The SMILES string of the molecule is CC1(C)c2ccccc2-c2ccc(N(c3ccc(C4=CC=CCC4)cc3)c3ccc(-c4ccccc4)c4c3oc3c5ccccc5c(-c5ccccc5)cc34)cc21. The molecule has 2 nitrogen and oxygen atoms in total. The van der Waals surface area contributed by atoms with Crippen LogP contribution in [0.4, 0.5) is 17.1 Å². The molecule has 0 atom stereocenters. The first-order chi connectivity index (χ1) is 28.0. The van der Waals surface area contributed by atoms with Crippen molar-refractivity contribution in [1.82, 2.24) is 0 Å². The van der Waals surface area contributed by atoms with Crippen LogP contribution in [0.15, 0.2) is 193 Å². The van der Waals surface area contributed by atoms with Crippen LogP contribution in [-0.4, -0.2) is 0 Å². The van der Waals surface area contributed by atoms with Crippen molar-refractivity contribution in [2.24, 2.45) is 0 Å². The van der Waals surface area contributed by atoms with E-state index in [9.17, 15) is 0 Å². The van der Waals surface area contributed by atoms with E-state index in [4.69, 9.17) is 4.42 Å². The van der Waals surface area contributed by atoms with E-state index >= 15 is 0 Å². The normalized spacial score (nSPS) is 14.2. The summed E-state index contributed by atoms with van der Waals surface area (Å²) in [5.74, 6) is 0. The van der Waals surface area contributed by atoms with Gasteiger partial charge in [0.15, 0.2) is 5.58 Å². The number of fused-ring (bicyclic) bond motifs is 8. The summed E-state index contributed by atoms with van der Waals surface area (Å²) in [4.78, 5) is 2.41. The van der Waals surface area contributed by atoms with Crippen molar-refractivity contribution in [3.63, 3.8) is 0 Å². The molecular formula is C55H41NO. The Balaban J connectivity index is 1.20. The summed E-state index contributed by atoms with van der Waals surface area (Å²) in [6.45, 7) is 4.71. The molecule has 0 saturated carbocycles. The van der Waals surface area contributed by atoms with Crippen LogP contribution in [0.5, 0.6) is 0 Å². The third kappa shape index (κ3) is 5.32. The lowest BCUT2D eigenvalue weighted by atomic mass is 9.82. The Morgan fingerprint density at radius 1 is 0.491 bits per heavy atom. The van der Waals surface area contributed by atoms with Crippen molar-refractivity contribution in [2.45, 2.75) is 32.1 Å². The van der Waals surface area contributed by atoms with Gasteiger partial charge >= 0.3 is 0 Å². The van der Waals surface area contributed by atoms with Crippen molar-refractivity contribution in [3.05, 3.63) is 205 Å². The minimum absolute atomic E-state index is 0.142. The molecule has 2 aliphatic carbocycles. The summed E-state index contributed by atoms with van der Waals surface area (Å²) in [5.41, 5.74) is 17.5. The van der Waals surface area contributed by atoms with Crippen LogP contribution in [0.25, 0.3) is 71.7 Å². The Labute approximate surface area is 333 Å². The molecule has 8 aromatic carbocycles. The first-order valence-corrected chi connectivity index (χ1v) is 20.1. The molecule has 2 aliphatic rings. The minimum Gasteiger partial charge on any atom is -0.453 e. The molecule has 0 spiro atoms. The quantitative estimate of drug-likeness (QED) is 0.169. The van der Waals surface area contributed by atoms with Gasteiger partial charge in [-0.2, -0.15) is 0 Å². The van der Waals surface area contributed by atoms with E-state index in [2.05, 4.69) is 207 Å². The fourth-order valence-corrected chi connectivity index (χ4v) is 9.51. The third-order valence-electron chi connectivity index (χ3n) is 12.4. The van der Waals surface area contributed by atoms with Gasteiger partial charge in [-0.3, -0.25) is 0 Å². The molecule has 0 bridgehead atoms. The Hall–Kier alpha value is -6.90. The average molecular weight is 732 g/mol. The first-order valence-electron chi connectivity index (χ1n) is 20.1. The number of nitrogens with zero attached hydrogens (tertiary/aromatic N) is 1. The fourth-order valence-electron chi connectivity index (χ4n) is 9.51. The van der Waals surface area contributed by atoms with Gasteiger partial charge in [-0.15, -0.1) is 0 Å². The molecule has 1 heterocycles. The van der Waals surface area contributed by atoms with Gasteiger partial charge < -0.3 is 9.32 Å². The predicted octanol–water partition coefficient (Wildman–Crippen LogP) is 15.6. The molecular weight excluding hydrogens is 691 g/mol. The number of rotatable bonds is 6. The van der Waals surface area contributed by atoms with E-state index in [1.54, 1.807) is 0 Å². The minimum atomic E-state index is -0.142. The van der Waals surface area contributed by atoms with Gasteiger partial charge in [0.25, 0.3) is 0 Å². The molecule has 11 rings (SSSR count). The Morgan fingerprint density at radius 3 is 1.89 bits per heavy atom. The van der Waals surface area contributed by atoms with Crippen LogP contribution >= 0.6 is 0 Å². The van der Waals surface area contributed by atoms with Gasteiger partial charge in [0.1, 0.15) is 5.58 Å². The molecule has 0 unspecified atom stereocenters. The fraction of sp³-hybridized carbons (Fsp3) is 0.0909. The molecule has 0 fully saturated rings. The summed E-state index contributed by atoms with van der Waals surface area (Å²) < 4.78 is 7.32. The van der Waals surface area contributed by atoms with E-state index in [0.717, 1.165) is 68.4 Å². The number of hydrogen-bond acceptors (Lipinski definition) is 2. The van der Waals surface area contributed by atoms with Gasteiger partial charge in [0.2, 0.25) is 0 Å². The highest BCUT2D eigenvalue weighted by molar-refractivity contribution is 6.24. The second-order valence-electron chi connectivity index (χ2n) is 16.0. The summed E-state index contributed by atoms with van der Waals surface area (Å²) in [6.07, 6.45) is 8.82. The average Bonchev–Trinajstić information content (AvgIpc) is 3.77. The summed E-state index contributed by atoms with van der Waals surface area (Å²) in [5, 5.41) is 4.52. The number of anilines is 3. The molecule has 0 amide bonds. The van der Waals surface area contributed by atoms with Crippen LogP contribution in [0.2, 0.25) is 0 Å². The highest BCUT2D eigenvalue weighted by Gasteiger charge is 2.36.